The van der Waals surface area contributed by atoms with Crippen molar-refractivity contribution in [3.63, 3.8) is 0 Å². The molecule has 1 fully saturated rings. The van der Waals surface area contributed by atoms with Crippen LogP contribution in [0.4, 0.5) is 14.8 Å². The van der Waals surface area contributed by atoms with E-state index in [1.807, 2.05) is 29.2 Å². The van der Waals surface area contributed by atoms with Gasteiger partial charge in [-0.15, -0.1) is 0 Å². The number of para-hydroxylation sites is 2. The number of rotatable bonds is 4. The fourth-order valence-electron chi connectivity index (χ4n) is 3.23. The Morgan fingerprint density at radius 1 is 1.15 bits per heavy atom. The molecular formula is C20H18F2N2O3. The van der Waals surface area contributed by atoms with Gasteiger partial charge in [-0.05, 0) is 31.0 Å². The number of hydrogen-bond donors (Lipinski definition) is 0. The summed E-state index contributed by atoms with van der Waals surface area (Å²) in [7, 11) is 0. The highest BCUT2D eigenvalue weighted by molar-refractivity contribution is 5.75. The predicted octanol–water partition coefficient (Wildman–Crippen LogP) is 4.07. The van der Waals surface area contributed by atoms with Crippen LogP contribution in [0.1, 0.15) is 18.4 Å². The van der Waals surface area contributed by atoms with E-state index < -0.39 is 17.6 Å². The third-order valence-corrected chi connectivity index (χ3v) is 4.78. The number of halogens is 2. The summed E-state index contributed by atoms with van der Waals surface area (Å²) in [6.07, 6.45) is 1.17. The highest BCUT2D eigenvalue weighted by Gasteiger charge is 2.28. The number of carbonyl (C=O) groups is 1. The lowest BCUT2D eigenvalue weighted by atomic mass is 9.97. The molecule has 1 aliphatic heterocycles. The highest BCUT2D eigenvalue weighted by atomic mass is 19.2. The van der Waals surface area contributed by atoms with Gasteiger partial charge in [0, 0.05) is 18.7 Å². The molecule has 2 aromatic carbocycles. The second-order valence-electron chi connectivity index (χ2n) is 6.55. The van der Waals surface area contributed by atoms with E-state index in [0.717, 1.165) is 17.2 Å². The Balaban J connectivity index is 1.33. The minimum Gasteiger partial charge on any atom is -0.460 e. The molecule has 1 saturated heterocycles. The Hall–Kier alpha value is -2.96. The maximum Gasteiger partial charge on any atom is 0.309 e. The van der Waals surface area contributed by atoms with Gasteiger partial charge in [-0.3, -0.25) is 4.79 Å². The number of piperidine rings is 1. The molecule has 27 heavy (non-hydrogen) atoms. The molecule has 0 radical (unpaired) electrons. The number of aromatic nitrogens is 1. The first-order valence-corrected chi connectivity index (χ1v) is 8.82. The van der Waals surface area contributed by atoms with Gasteiger partial charge in [0.25, 0.3) is 6.01 Å². The van der Waals surface area contributed by atoms with E-state index in [9.17, 15) is 13.6 Å². The topological polar surface area (TPSA) is 55.6 Å². The number of esters is 1. The molecular weight excluding hydrogens is 354 g/mol. The van der Waals surface area contributed by atoms with Crippen molar-refractivity contribution in [2.45, 2.75) is 19.4 Å². The number of ether oxygens (including phenoxy) is 1. The van der Waals surface area contributed by atoms with Crippen LogP contribution in [0.3, 0.4) is 0 Å². The molecule has 140 valence electrons. The lowest BCUT2D eigenvalue weighted by molar-refractivity contribution is -0.150. The van der Waals surface area contributed by atoms with Crippen LogP contribution in [0.2, 0.25) is 0 Å². The molecule has 3 aromatic rings. The summed E-state index contributed by atoms with van der Waals surface area (Å²) >= 11 is 0. The number of fused-ring (bicyclic) bond motifs is 1. The zero-order valence-corrected chi connectivity index (χ0v) is 14.5. The van der Waals surface area contributed by atoms with Crippen molar-refractivity contribution in [3.05, 3.63) is 59.7 Å². The summed E-state index contributed by atoms with van der Waals surface area (Å²) in [5.41, 5.74) is 1.56. The molecule has 0 N–H and O–H groups in total. The Labute approximate surface area is 154 Å². The van der Waals surface area contributed by atoms with Crippen LogP contribution >= 0.6 is 0 Å². The van der Waals surface area contributed by atoms with Crippen molar-refractivity contribution in [3.8, 4) is 0 Å². The Morgan fingerprint density at radius 3 is 2.70 bits per heavy atom. The number of benzene rings is 2. The van der Waals surface area contributed by atoms with Crippen molar-refractivity contribution in [1.29, 1.82) is 0 Å². The number of oxazole rings is 1. The van der Waals surface area contributed by atoms with Crippen molar-refractivity contribution < 1.29 is 22.7 Å². The smallest absolute Gasteiger partial charge is 0.309 e. The molecule has 0 spiro atoms. The minimum absolute atomic E-state index is 0.0345. The second-order valence-corrected chi connectivity index (χ2v) is 6.55. The van der Waals surface area contributed by atoms with Gasteiger partial charge in [0.1, 0.15) is 12.1 Å². The van der Waals surface area contributed by atoms with Gasteiger partial charge >= 0.3 is 5.97 Å². The van der Waals surface area contributed by atoms with Gasteiger partial charge < -0.3 is 14.1 Å². The summed E-state index contributed by atoms with van der Waals surface area (Å²) in [5.74, 6) is -2.59. The molecule has 1 aromatic heterocycles. The highest BCUT2D eigenvalue weighted by Crippen LogP contribution is 2.27. The number of carbonyl (C=O) groups excluding carboxylic acids is 1. The van der Waals surface area contributed by atoms with Gasteiger partial charge in [0.2, 0.25) is 0 Å². The average molecular weight is 372 g/mol. The number of hydrogen-bond acceptors (Lipinski definition) is 5. The zero-order valence-electron chi connectivity index (χ0n) is 14.5. The molecule has 0 unspecified atom stereocenters. The van der Waals surface area contributed by atoms with Crippen LogP contribution in [-0.4, -0.2) is 24.0 Å². The number of anilines is 1. The zero-order chi connectivity index (χ0) is 18.8. The van der Waals surface area contributed by atoms with Crippen molar-refractivity contribution >= 4 is 23.1 Å². The van der Waals surface area contributed by atoms with Crippen molar-refractivity contribution in [1.82, 2.24) is 4.98 Å². The first-order chi connectivity index (χ1) is 13.1. The Morgan fingerprint density at radius 2 is 1.93 bits per heavy atom. The predicted molar refractivity (Wildman–Crippen MR) is 95.1 cm³/mol. The van der Waals surface area contributed by atoms with E-state index in [2.05, 4.69) is 4.98 Å². The maximum absolute atomic E-state index is 13.6. The van der Waals surface area contributed by atoms with Crippen LogP contribution in [0, 0.1) is 17.6 Å². The van der Waals surface area contributed by atoms with E-state index in [1.54, 1.807) is 0 Å². The Bertz CT molecular complexity index is 932. The summed E-state index contributed by atoms with van der Waals surface area (Å²) in [6, 6.07) is 11.9. The van der Waals surface area contributed by atoms with Crippen molar-refractivity contribution in [2.24, 2.45) is 5.92 Å². The molecule has 2 heterocycles. The van der Waals surface area contributed by atoms with Crippen LogP contribution < -0.4 is 4.90 Å². The van der Waals surface area contributed by atoms with E-state index in [-0.39, 0.29) is 18.1 Å². The minimum atomic E-state index is -0.976. The largest absolute Gasteiger partial charge is 0.460 e. The first kappa shape index (κ1) is 17.5. The third-order valence-electron chi connectivity index (χ3n) is 4.78. The average Bonchev–Trinajstić information content (AvgIpc) is 3.13. The van der Waals surface area contributed by atoms with E-state index in [1.165, 1.54) is 12.1 Å². The monoisotopic (exact) mass is 372 g/mol. The molecule has 0 bridgehead atoms. The molecule has 4 rings (SSSR count). The van der Waals surface area contributed by atoms with Crippen LogP contribution in [-0.2, 0) is 16.1 Å². The van der Waals surface area contributed by atoms with Crippen molar-refractivity contribution in [2.75, 3.05) is 18.0 Å². The summed E-state index contributed by atoms with van der Waals surface area (Å²) < 4.78 is 37.8. The number of nitrogens with zero attached hydrogens (tertiary/aromatic N) is 2. The van der Waals surface area contributed by atoms with E-state index >= 15 is 0 Å². The fraction of sp³-hybridized carbons (Fsp3) is 0.300. The summed E-state index contributed by atoms with van der Waals surface area (Å²) in [4.78, 5) is 18.7. The van der Waals surface area contributed by atoms with Gasteiger partial charge in [0.15, 0.2) is 17.2 Å². The molecule has 7 heteroatoms. The SMILES string of the molecule is O=C(OCc1cccc(F)c1F)C1CCN(c2nc3ccccc3o2)CC1. The van der Waals surface area contributed by atoms with Gasteiger partial charge in [0.05, 0.1) is 5.92 Å². The lowest BCUT2D eigenvalue weighted by Crippen LogP contribution is -2.37. The first-order valence-electron chi connectivity index (χ1n) is 8.82. The summed E-state index contributed by atoms with van der Waals surface area (Å²) in [5, 5.41) is 0. The molecule has 0 atom stereocenters. The quantitative estimate of drug-likeness (QED) is 0.647. The molecule has 0 amide bonds. The summed E-state index contributed by atoms with van der Waals surface area (Å²) in [6.45, 7) is 0.954. The Kier molecular flexibility index (Phi) is 4.75. The lowest BCUT2D eigenvalue weighted by Gasteiger charge is -2.29. The van der Waals surface area contributed by atoms with Gasteiger partial charge in [-0.2, -0.15) is 4.98 Å². The van der Waals surface area contributed by atoms with E-state index in [0.29, 0.717) is 31.9 Å². The molecule has 0 aliphatic carbocycles. The van der Waals surface area contributed by atoms with Crippen LogP contribution in [0.25, 0.3) is 11.1 Å². The molecule has 1 aliphatic rings. The third kappa shape index (κ3) is 3.63. The fourth-order valence-corrected chi connectivity index (χ4v) is 3.23. The van der Waals surface area contributed by atoms with Crippen LogP contribution in [0.15, 0.2) is 46.9 Å². The maximum atomic E-state index is 13.6. The van der Waals surface area contributed by atoms with Gasteiger partial charge in [-0.1, -0.05) is 24.3 Å². The normalized spacial score (nSPS) is 15.3. The standard InChI is InChI=1S/C20H18F2N2O3/c21-15-5-3-4-14(18(15)22)12-26-19(25)13-8-10-24(11-9-13)20-23-16-6-1-2-7-17(16)27-20/h1-7,13H,8-12H2. The van der Waals surface area contributed by atoms with Crippen LogP contribution in [0.5, 0.6) is 0 Å². The van der Waals surface area contributed by atoms with E-state index in [4.69, 9.17) is 9.15 Å². The second kappa shape index (κ2) is 7.34. The molecule has 0 saturated carbocycles. The van der Waals surface area contributed by atoms with Gasteiger partial charge in [-0.25, -0.2) is 8.78 Å². The molecule has 5 nitrogen and oxygen atoms in total.